The number of fused-ring (bicyclic) bond motifs is 2. The Labute approximate surface area is 285 Å². The first-order valence-corrected chi connectivity index (χ1v) is 17.2. The zero-order chi connectivity index (χ0) is 31.9. The van der Waals surface area contributed by atoms with Crippen LogP contribution in [-0.4, -0.2) is 24.9 Å². The van der Waals surface area contributed by atoms with E-state index in [1.807, 2.05) is 48.5 Å². The van der Waals surface area contributed by atoms with E-state index in [0.29, 0.717) is 17.5 Å². The minimum absolute atomic E-state index is 0.594. The molecular weight excluding hydrogens is 627 g/mol. The van der Waals surface area contributed by atoms with E-state index in [2.05, 4.69) is 103 Å². The summed E-state index contributed by atoms with van der Waals surface area (Å²) in [5, 5.41) is 1.88. The molecule has 226 valence electrons. The van der Waals surface area contributed by atoms with Gasteiger partial charge in [0.05, 0.1) is 20.4 Å². The van der Waals surface area contributed by atoms with Gasteiger partial charge >= 0.3 is 0 Å². The van der Waals surface area contributed by atoms with Crippen LogP contribution in [0.15, 0.2) is 152 Å². The van der Waals surface area contributed by atoms with Crippen molar-refractivity contribution >= 4 is 43.1 Å². The Morgan fingerprint density at radius 2 is 0.667 bits per heavy atom. The number of para-hydroxylation sites is 2. The van der Waals surface area contributed by atoms with Crippen molar-refractivity contribution in [3.05, 3.63) is 152 Å². The molecule has 0 aliphatic carbocycles. The summed E-state index contributed by atoms with van der Waals surface area (Å²) in [6.07, 6.45) is 0. The molecule has 0 N–H and O–H groups in total. The van der Waals surface area contributed by atoms with Crippen LogP contribution in [0.25, 0.3) is 86.9 Å². The minimum Gasteiger partial charge on any atom is -0.236 e. The van der Waals surface area contributed by atoms with Crippen molar-refractivity contribution < 1.29 is 0 Å². The molecule has 0 saturated carbocycles. The Morgan fingerprint density at radius 3 is 1.19 bits per heavy atom. The Hall–Kier alpha value is -5.89. The van der Waals surface area contributed by atoms with Crippen molar-refractivity contribution in [1.29, 1.82) is 0 Å². The second kappa shape index (κ2) is 12.0. The van der Waals surface area contributed by atoms with Gasteiger partial charge in [-0.2, -0.15) is 0 Å². The molecule has 0 amide bonds. The smallest absolute Gasteiger partial charge is 0.164 e. The van der Waals surface area contributed by atoms with Crippen molar-refractivity contribution in [2.75, 3.05) is 0 Å². The maximum absolute atomic E-state index is 5.10. The minimum atomic E-state index is 0.594. The lowest BCUT2D eigenvalue weighted by atomic mass is 10.0. The average molecular weight is 652 g/mol. The van der Waals surface area contributed by atoms with Crippen LogP contribution >= 0.6 is 22.7 Å². The zero-order valence-corrected chi connectivity index (χ0v) is 27.1. The molecule has 7 heteroatoms. The average Bonchev–Trinajstić information content (AvgIpc) is 3.81. The summed E-state index contributed by atoms with van der Waals surface area (Å²) in [6, 6.07) is 51.8. The predicted octanol–water partition coefficient (Wildman–Crippen LogP) is 11.1. The number of hydrogen-bond donors (Lipinski definition) is 0. The molecule has 5 nitrogen and oxygen atoms in total. The summed E-state index contributed by atoms with van der Waals surface area (Å²) in [5.74, 6) is 1.83. The lowest BCUT2D eigenvalue weighted by Gasteiger charge is -2.11. The third-order valence-electron chi connectivity index (χ3n) is 8.19. The van der Waals surface area contributed by atoms with Gasteiger partial charge in [0.25, 0.3) is 0 Å². The van der Waals surface area contributed by atoms with Gasteiger partial charge in [-0.1, -0.05) is 109 Å². The second-order valence-corrected chi connectivity index (χ2v) is 13.4. The maximum Gasteiger partial charge on any atom is 0.164 e. The van der Waals surface area contributed by atoms with E-state index in [1.54, 1.807) is 22.7 Å². The van der Waals surface area contributed by atoms with E-state index in [9.17, 15) is 0 Å². The molecule has 0 fully saturated rings. The number of aromatic nitrogens is 5. The summed E-state index contributed by atoms with van der Waals surface area (Å²) in [4.78, 5) is 25.2. The Morgan fingerprint density at radius 1 is 0.292 bits per heavy atom. The third-order valence-corrected chi connectivity index (χ3v) is 10.4. The lowest BCUT2D eigenvalue weighted by Crippen LogP contribution is -2.00. The Kier molecular flexibility index (Phi) is 7.11. The molecule has 9 rings (SSSR count). The second-order valence-electron chi connectivity index (χ2n) is 11.4. The highest BCUT2D eigenvalue weighted by Crippen LogP contribution is 2.38. The molecule has 0 saturated heterocycles. The molecule has 0 radical (unpaired) electrons. The van der Waals surface area contributed by atoms with Crippen molar-refractivity contribution in [3.63, 3.8) is 0 Å². The molecule has 9 aromatic rings. The van der Waals surface area contributed by atoms with Gasteiger partial charge in [0.1, 0.15) is 10.0 Å². The molecule has 0 aliphatic rings. The van der Waals surface area contributed by atoms with Gasteiger partial charge in [-0.15, -0.1) is 22.7 Å². The fourth-order valence-electron chi connectivity index (χ4n) is 5.79. The van der Waals surface area contributed by atoms with Crippen molar-refractivity contribution in [3.8, 4) is 66.4 Å². The molecular formula is C41H25N5S2. The number of nitrogens with zero attached hydrogens (tertiary/aromatic N) is 5. The van der Waals surface area contributed by atoms with Crippen LogP contribution in [0.5, 0.6) is 0 Å². The van der Waals surface area contributed by atoms with Crippen LogP contribution in [0.2, 0.25) is 0 Å². The van der Waals surface area contributed by atoms with Gasteiger partial charge in [-0.3, -0.25) is 0 Å². The highest BCUT2D eigenvalue weighted by Gasteiger charge is 2.17. The first-order chi connectivity index (χ1) is 23.7. The molecule has 0 bridgehead atoms. The quantitative estimate of drug-likeness (QED) is 0.179. The molecule has 3 aromatic heterocycles. The van der Waals surface area contributed by atoms with Crippen LogP contribution in [0.1, 0.15) is 0 Å². The summed E-state index contributed by atoms with van der Waals surface area (Å²) in [7, 11) is 0. The number of hydrogen-bond acceptors (Lipinski definition) is 7. The van der Waals surface area contributed by atoms with Gasteiger partial charge in [-0.25, -0.2) is 24.9 Å². The molecule has 0 unspecified atom stereocenters. The number of thiazole rings is 2. The number of benzene rings is 6. The van der Waals surface area contributed by atoms with Gasteiger partial charge < -0.3 is 0 Å². The number of rotatable bonds is 6. The van der Waals surface area contributed by atoms with Crippen LogP contribution in [0.4, 0.5) is 0 Å². The normalized spacial score (nSPS) is 11.3. The van der Waals surface area contributed by atoms with E-state index in [0.717, 1.165) is 63.8 Å². The summed E-state index contributed by atoms with van der Waals surface area (Å²) in [5.41, 5.74) is 9.00. The van der Waals surface area contributed by atoms with E-state index in [4.69, 9.17) is 24.9 Å². The maximum atomic E-state index is 5.10. The van der Waals surface area contributed by atoms with Crippen molar-refractivity contribution in [1.82, 2.24) is 24.9 Å². The molecule has 0 spiro atoms. The summed E-state index contributed by atoms with van der Waals surface area (Å²) in [6.45, 7) is 0. The van der Waals surface area contributed by atoms with Crippen molar-refractivity contribution in [2.45, 2.75) is 0 Å². The van der Waals surface area contributed by atoms with Gasteiger partial charge in [0, 0.05) is 27.8 Å². The fourth-order valence-corrected chi connectivity index (χ4v) is 7.69. The van der Waals surface area contributed by atoms with Crippen molar-refractivity contribution in [2.24, 2.45) is 0 Å². The molecule has 0 atom stereocenters. The highest BCUT2D eigenvalue weighted by molar-refractivity contribution is 7.22. The van der Waals surface area contributed by atoms with Gasteiger partial charge in [-0.05, 0) is 53.6 Å². The predicted molar refractivity (Wildman–Crippen MR) is 199 cm³/mol. The third kappa shape index (κ3) is 5.45. The molecule has 6 aromatic carbocycles. The van der Waals surface area contributed by atoms with Crippen LogP contribution in [0, 0.1) is 0 Å². The Balaban J connectivity index is 1.23. The first-order valence-electron chi connectivity index (χ1n) is 15.6. The van der Waals surface area contributed by atoms with E-state index < -0.39 is 0 Å². The molecule has 48 heavy (non-hydrogen) atoms. The highest BCUT2D eigenvalue weighted by atomic mass is 32.1. The Bertz CT molecular complexity index is 2400. The van der Waals surface area contributed by atoms with E-state index >= 15 is 0 Å². The largest absolute Gasteiger partial charge is 0.236 e. The summed E-state index contributed by atoms with van der Waals surface area (Å²) >= 11 is 3.36. The standard InChI is InChI=1S/C41H25N5S2/c1-3-11-26(12-4-1)27-19-21-29(22-20-27)38-44-37(28-13-5-2-6-14-28)45-39(46-38)30-23-31(40-42-33-15-7-9-17-35(33)47-40)25-32(24-30)41-43-34-16-8-10-18-36(34)48-41/h1-25H. The molecule has 3 heterocycles. The summed E-state index contributed by atoms with van der Waals surface area (Å²) < 4.78 is 2.29. The van der Waals surface area contributed by atoms with Crippen LogP contribution in [0.3, 0.4) is 0 Å². The van der Waals surface area contributed by atoms with Crippen LogP contribution < -0.4 is 0 Å². The SMILES string of the molecule is c1ccc(-c2ccc(-c3nc(-c4ccccc4)nc(-c4cc(-c5nc6ccccc6s5)cc(-c5nc6ccccc6s5)c4)n3)cc2)cc1. The van der Waals surface area contributed by atoms with Gasteiger partial charge in [0.15, 0.2) is 17.5 Å². The monoisotopic (exact) mass is 651 g/mol. The lowest BCUT2D eigenvalue weighted by molar-refractivity contribution is 1.07. The fraction of sp³-hybridized carbons (Fsp3) is 0. The van der Waals surface area contributed by atoms with Gasteiger partial charge in [0.2, 0.25) is 0 Å². The van der Waals surface area contributed by atoms with Crippen LogP contribution in [-0.2, 0) is 0 Å². The molecule has 0 aliphatic heterocycles. The zero-order valence-electron chi connectivity index (χ0n) is 25.5. The van der Waals surface area contributed by atoms with E-state index in [1.165, 1.54) is 5.56 Å². The van der Waals surface area contributed by atoms with E-state index in [-0.39, 0.29) is 0 Å². The first kappa shape index (κ1) is 28.3. The topological polar surface area (TPSA) is 64.5 Å².